The largest absolute Gasteiger partial charge is 0.481 e. The van der Waals surface area contributed by atoms with Crippen molar-refractivity contribution in [2.24, 2.45) is 5.41 Å². The summed E-state index contributed by atoms with van der Waals surface area (Å²) >= 11 is 0. The van der Waals surface area contributed by atoms with Crippen LogP contribution < -0.4 is 9.64 Å². The number of carbonyl (C=O) groups is 1. The normalized spacial score (nSPS) is 20.2. The number of benzene rings is 2. The minimum Gasteiger partial charge on any atom is -0.481 e. The van der Waals surface area contributed by atoms with E-state index in [4.69, 9.17) is 19.4 Å². The summed E-state index contributed by atoms with van der Waals surface area (Å²) in [6.45, 7) is 12.3. The average Bonchev–Trinajstić information content (AvgIpc) is 3.57. The van der Waals surface area contributed by atoms with Crippen molar-refractivity contribution in [3.8, 4) is 16.9 Å². The van der Waals surface area contributed by atoms with Gasteiger partial charge in [-0.2, -0.15) is 18.3 Å². The molecule has 2 aromatic carbocycles. The van der Waals surface area contributed by atoms with Crippen molar-refractivity contribution in [3.63, 3.8) is 0 Å². The number of nitrogens with zero attached hydrogens (tertiary/aromatic N) is 6. The molecule has 4 aliphatic rings. The Bertz CT molecular complexity index is 1970. The number of piperidine rings is 2. The van der Waals surface area contributed by atoms with Gasteiger partial charge < -0.3 is 19.3 Å². The summed E-state index contributed by atoms with van der Waals surface area (Å²) in [5.41, 5.74) is 4.43. The molecule has 0 unspecified atom stereocenters. The lowest BCUT2D eigenvalue weighted by molar-refractivity contribution is -0.153. The number of nitrogens with one attached hydrogen (secondary N) is 1. The molecule has 8 rings (SSSR count). The van der Waals surface area contributed by atoms with E-state index >= 15 is 0 Å². The number of halogens is 3. The van der Waals surface area contributed by atoms with E-state index in [-0.39, 0.29) is 23.0 Å². The smallest absolute Gasteiger partial charge is 0.422 e. The Kier molecular flexibility index (Phi) is 8.69. The van der Waals surface area contributed by atoms with Gasteiger partial charge in [-0.25, -0.2) is 9.97 Å². The minimum absolute atomic E-state index is 0.0407. The number of hydrogen-bond acceptors (Lipinski definition) is 8. The summed E-state index contributed by atoms with van der Waals surface area (Å²) < 4.78 is 53.4. The first kappa shape index (κ1) is 33.9. The highest BCUT2D eigenvalue weighted by atomic mass is 19.4. The first-order chi connectivity index (χ1) is 24.6. The molecule has 0 bridgehead atoms. The van der Waals surface area contributed by atoms with E-state index in [1.807, 2.05) is 30.9 Å². The molecule has 51 heavy (non-hydrogen) atoms. The molecule has 1 spiro atoms. The molecule has 0 radical (unpaired) electrons. The number of alkyl halides is 3. The lowest BCUT2D eigenvalue weighted by Crippen LogP contribution is -2.61. The van der Waals surface area contributed by atoms with Crippen molar-refractivity contribution in [1.29, 1.82) is 0 Å². The quantitative estimate of drug-likeness (QED) is 0.218. The van der Waals surface area contributed by atoms with Gasteiger partial charge in [-0.3, -0.25) is 14.8 Å². The van der Waals surface area contributed by atoms with Gasteiger partial charge in [0.2, 0.25) is 5.91 Å². The van der Waals surface area contributed by atoms with Crippen LogP contribution in [-0.2, 0) is 16.0 Å². The number of likely N-dealkylation sites (tertiary alicyclic amines) is 2. The SMILES string of the molecule is C=CC(=O)N1CC2(CCN(c3nc(C4CCN(C5COC5)CC4)nc4c(OCC(F)(F)F)c(-c5c(C)ccc6[nH]ncc56)c(CC)cc34)CC2)C1. The number of ether oxygens (including phenoxy) is 2. The molecule has 4 fully saturated rings. The van der Waals surface area contributed by atoms with Crippen molar-refractivity contribution in [2.45, 2.75) is 64.1 Å². The zero-order chi connectivity index (χ0) is 35.5. The predicted molar refractivity (Wildman–Crippen MR) is 189 cm³/mol. The molecule has 2 aromatic heterocycles. The topological polar surface area (TPSA) is 99.7 Å². The number of H-pyrrole nitrogens is 1. The molecule has 0 aliphatic carbocycles. The number of carbonyl (C=O) groups excluding carboxylic acids is 1. The third kappa shape index (κ3) is 6.22. The Morgan fingerprint density at radius 1 is 1.10 bits per heavy atom. The van der Waals surface area contributed by atoms with Crippen LogP contribution >= 0.6 is 0 Å². The lowest BCUT2D eigenvalue weighted by atomic mass is 9.72. The maximum Gasteiger partial charge on any atom is 0.422 e. The van der Waals surface area contributed by atoms with Crippen LogP contribution in [0.15, 0.2) is 37.1 Å². The van der Waals surface area contributed by atoms with Crippen molar-refractivity contribution < 1.29 is 27.4 Å². The van der Waals surface area contributed by atoms with E-state index in [0.29, 0.717) is 47.8 Å². The molecular formula is C38H44F3N7O3. The van der Waals surface area contributed by atoms with Gasteiger partial charge in [-0.15, -0.1) is 0 Å². The van der Waals surface area contributed by atoms with Gasteiger partial charge in [0.25, 0.3) is 0 Å². The molecule has 4 aliphatic heterocycles. The molecule has 4 saturated heterocycles. The summed E-state index contributed by atoms with van der Waals surface area (Å²) in [6, 6.07) is 6.40. The van der Waals surface area contributed by atoms with E-state index < -0.39 is 12.8 Å². The molecular weight excluding hydrogens is 659 g/mol. The number of amides is 1. The summed E-state index contributed by atoms with van der Waals surface area (Å²) in [5.74, 6) is 1.54. The standard InChI is InChI=1S/C38H44F3N7O3/c1-4-24-16-27-33(34(51-22-38(39,40)41)32(24)31-23(3)6-7-29-28(31)17-42-45-29)43-35(25-8-12-46(13-9-25)26-18-50-19-26)44-36(27)47-14-10-37(11-15-47)20-48(21-37)30(49)5-2/h5-7,16-17,25-26H,2,4,8-15,18-22H2,1,3H3,(H,42,45). The Morgan fingerprint density at radius 3 is 2.49 bits per heavy atom. The number of aryl methyl sites for hydroxylation is 2. The Labute approximate surface area is 295 Å². The third-order valence-electron chi connectivity index (χ3n) is 11.6. The van der Waals surface area contributed by atoms with Crippen molar-refractivity contribution >= 4 is 33.5 Å². The van der Waals surface area contributed by atoms with Crippen LogP contribution in [0.25, 0.3) is 32.9 Å². The van der Waals surface area contributed by atoms with Gasteiger partial charge >= 0.3 is 6.18 Å². The second kappa shape index (κ2) is 13.1. The molecule has 270 valence electrons. The number of anilines is 1. The minimum atomic E-state index is -4.55. The van der Waals surface area contributed by atoms with Crippen LogP contribution in [0.5, 0.6) is 5.75 Å². The van der Waals surface area contributed by atoms with Gasteiger partial charge in [0.05, 0.1) is 31.0 Å². The first-order valence-corrected chi connectivity index (χ1v) is 18.0. The number of rotatable bonds is 8. The number of fused-ring (bicyclic) bond motifs is 2. The highest BCUT2D eigenvalue weighted by Crippen LogP contribution is 2.48. The molecule has 13 heteroatoms. The van der Waals surface area contributed by atoms with E-state index in [2.05, 4.69) is 32.6 Å². The predicted octanol–water partition coefficient (Wildman–Crippen LogP) is 6.18. The monoisotopic (exact) mass is 703 g/mol. The fraction of sp³-hybridized carbons (Fsp3) is 0.526. The van der Waals surface area contributed by atoms with Crippen molar-refractivity contribution in [3.05, 3.63) is 54.0 Å². The summed E-state index contributed by atoms with van der Waals surface area (Å²) in [5, 5.41) is 8.80. The van der Waals surface area contributed by atoms with Gasteiger partial charge in [-0.1, -0.05) is 19.6 Å². The second-order valence-electron chi connectivity index (χ2n) is 14.8. The Balaban J connectivity index is 1.26. The van der Waals surface area contributed by atoms with E-state index in [1.165, 1.54) is 6.08 Å². The third-order valence-corrected chi connectivity index (χ3v) is 11.6. The summed E-state index contributed by atoms with van der Waals surface area (Å²) in [7, 11) is 0. The van der Waals surface area contributed by atoms with Crippen LogP contribution in [0, 0.1) is 12.3 Å². The van der Waals surface area contributed by atoms with Crippen LogP contribution in [0.2, 0.25) is 0 Å². The zero-order valence-electron chi connectivity index (χ0n) is 29.2. The first-order valence-electron chi connectivity index (χ1n) is 18.0. The zero-order valence-corrected chi connectivity index (χ0v) is 29.2. The number of aromatic amines is 1. The highest BCUT2D eigenvalue weighted by Gasteiger charge is 2.46. The van der Waals surface area contributed by atoms with E-state index in [0.717, 1.165) is 98.5 Å². The number of hydrogen-bond donors (Lipinski definition) is 1. The molecule has 0 saturated carbocycles. The van der Waals surface area contributed by atoms with Crippen molar-refractivity contribution in [2.75, 3.05) is 64.0 Å². The number of aromatic nitrogens is 4. The molecule has 0 atom stereocenters. The lowest BCUT2D eigenvalue weighted by Gasteiger charge is -2.54. The average molecular weight is 704 g/mol. The van der Waals surface area contributed by atoms with Crippen LogP contribution in [-0.4, -0.2) is 107 Å². The van der Waals surface area contributed by atoms with Crippen LogP contribution in [0.1, 0.15) is 55.5 Å². The van der Waals surface area contributed by atoms with Crippen molar-refractivity contribution in [1.82, 2.24) is 30.0 Å². The van der Waals surface area contributed by atoms with Gasteiger partial charge in [0, 0.05) is 53.8 Å². The summed E-state index contributed by atoms with van der Waals surface area (Å²) in [4.78, 5) is 29.2. The molecule has 1 N–H and O–H groups in total. The molecule has 6 heterocycles. The van der Waals surface area contributed by atoms with E-state index in [1.54, 1.807) is 6.20 Å². The van der Waals surface area contributed by atoms with Gasteiger partial charge in [0.1, 0.15) is 17.2 Å². The van der Waals surface area contributed by atoms with Crippen LogP contribution in [0.4, 0.5) is 19.0 Å². The van der Waals surface area contributed by atoms with Gasteiger partial charge in [0.15, 0.2) is 12.4 Å². The van der Waals surface area contributed by atoms with Crippen LogP contribution in [0.3, 0.4) is 0 Å². The molecule has 1 amide bonds. The maximum atomic E-state index is 14.0. The summed E-state index contributed by atoms with van der Waals surface area (Å²) in [6.07, 6.45) is 2.57. The Hall–Kier alpha value is -4.23. The fourth-order valence-corrected chi connectivity index (χ4v) is 8.53. The van der Waals surface area contributed by atoms with E-state index in [9.17, 15) is 18.0 Å². The Morgan fingerprint density at radius 2 is 1.84 bits per heavy atom. The second-order valence-corrected chi connectivity index (χ2v) is 14.8. The van der Waals surface area contributed by atoms with Gasteiger partial charge in [-0.05, 0) is 87.0 Å². The highest BCUT2D eigenvalue weighted by molar-refractivity contribution is 6.05. The maximum absolute atomic E-state index is 14.0. The molecule has 10 nitrogen and oxygen atoms in total. The fourth-order valence-electron chi connectivity index (χ4n) is 8.53. The molecule has 4 aromatic rings.